The van der Waals surface area contributed by atoms with E-state index in [1.165, 1.54) is 11.3 Å². The summed E-state index contributed by atoms with van der Waals surface area (Å²) in [4.78, 5) is 12.1. The molecule has 0 atom stereocenters. The molecular formula is C13H15N2OS+. The molecule has 0 spiro atoms. The molecule has 0 amide bonds. The fourth-order valence-electron chi connectivity index (χ4n) is 1.62. The number of nitrogens with two attached hydrogens (primary N) is 1. The van der Waals surface area contributed by atoms with Gasteiger partial charge in [0.05, 0.1) is 0 Å². The lowest BCUT2D eigenvalue weighted by molar-refractivity contribution is -0.670. The standard InChI is InChI=1S/C13H14N2OS/c1-9-3-5-11(6-4-9)12(16)7-15-10(2)8-17-13(15)14/h3-6,8,14H,7H2,1-2H3/p+1. The average molecular weight is 247 g/mol. The molecule has 17 heavy (non-hydrogen) atoms. The minimum absolute atomic E-state index is 0.0863. The molecule has 2 aromatic rings. The predicted molar refractivity (Wildman–Crippen MR) is 69.2 cm³/mol. The second kappa shape index (κ2) is 4.67. The van der Waals surface area contributed by atoms with Crippen LogP contribution in [0.5, 0.6) is 0 Å². The average Bonchev–Trinajstić information content (AvgIpc) is 2.61. The van der Waals surface area contributed by atoms with Crippen LogP contribution in [-0.4, -0.2) is 5.78 Å². The number of hydrogen-bond acceptors (Lipinski definition) is 3. The molecule has 0 fully saturated rings. The first kappa shape index (κ1) is 11.8. The second-order valence-electron chi connectivity index (χ2n) is 4.09. The molecular weight excluding hydrogens is 232 g/mol. The Kier molecular flexibility index (Phi) is 3.24. The molecule has 0 unspecified atom stereocenters. The Morgan fingerprint density at radius 1 is 1.29 bits per heavy atom. The quantitative estimate of drug-likeness (QED) is 0.667. The Hall–Kier alpha value is -1.68. The van der Waals surface area contributed by atoms with Gasteiger partial charge in [-0.3, -0.25) is 10.5 Å². The normalized spacial score (nSPS) is 10.5. The van der Waals surface area contributed by atoms with Crippen LogP contribution in [0.25, 0.3) is 0 Å². The van der Waals surface area contributed by atoms with Crippen LogP contribution in [0, 0.1) is 13.8 Å². The molecule has 4 heteroatoms. The van der Waals surface area contributed by atoms with Crippen molar-refractivity contribution in [3.05, 3.63) is 46.5 Å². The Morgan fingerprint density at radius 3 is 2.47 bits per heavy atom. The minimum atomic E-state index is 0.0863. The van der Waals surface area contributed by atoms with E-state index in [0.29, 0.717) is 11.7 Å². The third kappa shape index (κ3) is 2.53. The highest BCUT2D eigenvalue weighted by atomic mass is 32.1. The maximum atomic E-state index is 12.1. The maximum absolute atomic E-state index is 12.1. The monoisotopic (exact) mass is 247 g/mol. The largest absolute Gasteiger partial charge is 0.332 e. The molecule has 2 rings (SSSR count). The van der Waals surface area contributed by atoms with Crippen molar-refractivity contribution in [2.75, 3.05) is 5.73 Å². The van der Waals surface area contributed by atoms with E-state index >= 15 is 0 Å². The number of aromatic nitrogens is 1. The number of hydrogen-bond donors (Lipinski definition) is 1. The van der Waals surface area contributed by atoms with E-state index in [1.807, 2.05) is 48.1 Å². The van der Waals surface area contributed by atoms with Gasteiger partial charge in [-0.25, -0.2) is 4.57 Å². The Balaban J connectivity index is 2.20. The molecule has 88 valence electrons. The number of benzene rings is 1. The minimum Gasteiger partial charge on any atom is -0.290 e. The first-order valence-corrected chi connectivity index (χ1v) is 6.29. The van der Waals surface area contributed by atoms with Crippen LogP contribution >= 0.6 is 11.3 Å². The zero-order valence-corrected chi connectivity index (χ0v) is 10.8. The summed E-state index contributed by atoms with van der Waals surface area (Å²) in [5.74, 6) is 0.0863. The lowest BCUT2D eigenvalue weighted by Gasteiger charge is -2.01. The Labute approximate surface area is 105 Å². The van der Waals surface area contributed by atoms with Gasteiger partial charge in [0.1, 0.15) is 5.69 Å². The van der Waals surface area contributed by atoms with E-state index in [9.17, 15) is 4.79 Å². The summed E-state index contributed by atoms with van der Waals surface area (Å²) >= 11 is 1.46. The van der Waals surface area contributed by atoms with E-state index in [2.05, 4.69) is 0 Å². The van der Waals surface area contributed by atoms with Crippen LogP contribution in [0.4, 0.5) is 5.13 Å². The summed E-state index contributed by atoms with van der Waals surface area (Å²) in [7, 11) is 0. The molecule has 0 saturated heterocycles. The van der Waals surface area contributed by atoms with Crippen LogP contribution in [0.3, 0.4) is 0 Å². The number of nitrogens with zero attached hydrogens (tertiary/aromatic N) is 1. The number of anilines is 1. The number of Topliss-reactive ketones (excluding diaryl/α,β-unsaturated/α-hetero) is 1. The fraction of sp³-hybridized carbons (Fsp3) is 0.231. The lowest BCUT2D eigenvalue weighted by atomic mass is 10.1. The van der Waals surface area contributed by atoms with Gasteiger partial charge in [-0.1, -0.05) is 41.2 Å². The predicted octanol–water partition coefficient (Wildman–Crippen LogP) is 2.12. The van der Waals surface area contributed by atoms with E-state index in [-0.39, 0.29) is 5.78 Å². The first-order chi connectivity index (χ1) is 8.08. The number of nitrogen functional groups attached to an aromatic ring is 1. The summed E-state index contributed by atoms with van der Waals surface area (Å²) in [5.41, 5.74) is 8.73. The molecule has 0 bridgehead atoms. The third-order valence-corrected chi connectivity index (χ3v) is 3.64. The molecule has 0 saturated carbocycles. The van der Waals surface area contributed by atoms with Gasteiger partial charge in [0.15, 0.2) is 6.54 Å². The number of ketones is 1. The van der Waals surface area contributed by atoms with Crippen molar-refractivity contribution in [3.8, 4) is 0 Å². The van der Waals surface area contributed by atoms with Gasteiger partial charge < -0.3 is 0 Å². The zero-order valence-electron chi connectivity index (χ0n) is 9.93. The topological polar surface area (TPSA) is 47.0 Å². The molecule has 1 aromatic heterocycles. The SMILES string of the molecule is Cc1ccc(C(=O)C[n+]2c(C)csc2N)cc1. The van der Waals surface area contributed by atoms with Gasteiger partial charge in [0.25, 0.3) is 0 Å². The lowest BCUT2D eigenvalue weighted by Crippen LogP contribution is -2.41. The van der Waals surface area contributed by atoms with Crippen LogP contribution in [-0.2, 0) is 6.54 Å². The fourth-order valence-corrected chi connectivity index (χ4v) is 2.38. The van der Waals surface area contributed by atoms with E-state index in [4.69, 9.17) is 5.73 Å². The van der Waals surface area contributed by atoms with Crippen molar-refractivity contribution in [1.82, 2.24) is 0 Å². The van der Waals surface area contributed by atoms with Gasteiger partial charge in [0, 0.05) is 10.9 Å². The Bertz CT molecular complexity index is 524. The highest BCUT2D eigenvalue weighted by molar-refractivity contribution is 7.13. The van der Waals surface area contributed by atoms with Gasteiger partial charge in [0.2, 0.25) is 5.78 Å². The highest BCUT2D eigenvalue weighted by Gasteiger charge is 2.16. The molecule has 0 aliphatic carbocycles. The van der Waals surface area contributed by atoms with Crippen molar-refractivity contribution < 1.29 is 9.36 Å². The van der Waals surface area contributed by atoms with Gasteiger partial charge >= 0.3 is 5.13 Å². The Morgan fingerprint density at radius 2 is 1.94 bits per heavy atom. The van der Waals surface area contributed by atoms with E-state index in [1.54, 1.807) is 0 Å². The molecule has 2 N–H and O–H groups in total. The summed E-state index contributed by atoms with van der Waals surface area (Å²) < 4.78 is 1.84. The summed E-state index contributed by atoms with van der Waals surface area (Å²) in [6, 6.07) is 7.61. The summed E-state index contributed by atoms with van der Waals surface area (Å²) in [6.45, 7) is 4.27. The van der Waals surface area contributed by atoms with Crippen molar-refractivity contribution in [2.24, 2.45) is 0 Å². The molecule has 0 aliphatic heterocycles. The third-order valence-electron chi connectivity index (χ3n) is 2.72. The number of carbonyl (C=O) groups excluding carboxylic acids is 1. The molecule has 1 aromatic carbocycles. The molecule has 0 aliphatic rings. The van der Waals surface area contributed by atoms with Crippen LogP contribution in [0.15, 0.2) is 29.6 Å². The summed E-state index contributed by atoms with van der Waals surface area (Å²) in [6.07, 6.45) is 0. The van der Waals surface area contributed by atoms with Crippen molar-refractivity contribution in [3.63, 3.8) is 0 Å². The molecule has 0 radical (unpaired) electrons. The molecule has 1 heterocycles. The number of aryl methyl sites for hydroxylation is 2. The smallest absolute Gasteiger partial charge is 0.290 e. The number of carbonyl (C=O) groups is 1. The van der Waals surface area contributed by atoms with E-state index < -0.39 is 0 Å². The molecule has 3 nitrogen and oxygen atoms in total. The van der Waals surface area contributed by atoms with E-state index in [0.717, 1.165) is 16.8 Å². The van der Waals surface area contributed by atoms with Gasteiger partial charge in [-0.2, -0.15) is 0 Å². The number of rotatable bonds is 3. The van der Waals surface area contributed by atoms with Gasteiger partial charge in [-0.15, -0.1) is 0 Å². The van der Waals surface area contributed by atoms with Crippen molar-refractivity contribution in [2.45, 2.75) is 20.4 Å². The van der Waals surface area contributed by atoms with Gasteiger partial charge in [-0.05, 0) is 13.8 Å². The second-order valence-corrected chi connectivity index (χ2v) is 4.98. The van der Waals surface area contributed by atoms with Crippen molar-refractivity contribution >= 4 is 22.3 Å². The van der Waals surface area contributed by atoms with Crippen LogP contribution in [0.2, 0.25) is 0 Å². The van der Waals surface area contributed by atoms with Crippen LogP contribution in [0.1, 0.15) is 21.6 Å². The maximum Gasteiger partial charge on any atom is 0.332 e. The number of thiazole rings is 1. The zero-order chi connectivity index (χ0) is 12.4. The first-order valence-electron chi connectivity index (χ1n) is 5.41. The highest BCUT2D eigenvalue weighted by Crippen LogP contribution is 2.10. The summed E-state index contributed by atoms with van der Waals surface area (Å²) in [5, 5.41) is 2.63. The van der Waals surface area contributed by atoms with Crippen molar-refractivity contribution in [1.29, 1.82) is 0 Å². The van der Waals surface area contributed by atoms with Crippen LogP contribution < -0.4 is 10.3 Å².